The van der Waals surface area contributed by atoms with E-state index in [0.717, 1.165) is 18.1 Å². The van der Waals surface area contributed by atoms with Crippen LogP contribution in [-0.2, 0) is 6.54 Å². The maximum Gasteiger partial charge on any atom is 0.210 e. The van der Waals surface area contributed by atoms with Gasteiger partial charge in [0.05, 0.1) is 19.8 Å². The van der Waals surface area contributed by atoms with E-state index in [-0.39, 0.29) is 0 Å². The summed E-state index contributed by atoms with van der Waals surface area (Å²) in [6, 6.07) is 6.21. The molecule has 0 bridgehead atoms. The topological polar surface area (TPSA) is 48.0 Å². The molecule has 90 valence electrons. The van der Waals surface area contributed by atoms with Crippen LogP contribution in [0.2, 0.25) is 0 Å². The molecule has 0 unspecified atom stereocenters. The van der Waals surface area contributed by atoms with Crippen molar-refractivity contribution >= 4 is 0 Å². The van der Waals surface area contributed by atoms with Crippen LogP contribution in [0.4, 0.5) is 0 Å². The van der Waals surface area contributed by atoms with Crippen LogP contribution >= 0.6 is 0 Å². The molecule has 0 saturated heterocycles. The lowest BCUT2D eigenvalue weighted by atomic mass is 10.1. The monoisotopic (exact) mass is 232 g/mol. The van der Waals surface area contributed by atoms with Gasteiger partial charge in [-0.05, 0) is 35.4 Å². The highest BCUT2D eigenvalue weighted by molar-refractivity contribution is 5.46. The molecule has 0 atom stereocenters. The van der Waals surface area contributed by atoms with E-state index >= 15 is 0 Å². The predicted molar refractivity (Wildman–Crippen MR) is 65.1 cm³/mol. The van der Waals surface area contributed by atoms with Crippen LogP contribution in [0.5, 0.6) is 0 Å². The van der Waals surface area contributed by atoms with E-state index in [1.807, 2.05) is 4.68 Å². The van der Waals surface area contributed by atoms with Gasteiger partial charge in [0.2, 0.25) is 5.82 Å². The Bertz CT molecular complexity index is 495. The fourth-order valence-corrected chi connectivity index (χ4v) is 1.95. The first-order valence-corrected chi connectivity index (χ1v) is 5.72. The number of benzene rings is 1. The summed E-state index contributed by atoms with van der Waals surface area (Å²) >= 11 is 0. The summed E-state index contributed by atoms with van der Waals surface area (Å²) in [7, 11) is 4.17. The lowest BCUT2D eigenvalue weighted by Crippen LogP contribution is -3.04. The third-order valence-electron chi connectivity index (χ3n) is 2.70. The van der Waals surface area contributed by atoms with Gasteiger partial charge < -0.3 is 4.90 Å². The van der Waals surface area contributed by atoms with Gasteiger partial charge in [0.25, 0.3) is 0 Å². The normalized spacial score (nSPS) is 11.1. The molecule has 1 N–H and O–H groups in total. The number of quaternary nitrogens is 1. The van der Waals surface area contributed by atoms with Crippen molar-refractivity contribution in [2.75, 3.05) is 14.1 Å². The van der Waals surface area contributed by atoms with Crippen LogP contribution in [0.3, 0.4) is 0 Å². The minimum absolute atomic E-state index is 0.806. The van der Waals surface area contributed by atoms with Crippen LogP contribution in [0.15, 0.2) is 18.2 Å². The predicted octanol–water partition coefficient (Wildman–Crippen LogP) is -0.0764. The Morgan fingerprint density at radius 2 is 1.82 bits per heavy atom. The van der Waals surface area contributed by atoms with E-state index in [9.17, 15) is 0 Å². The Morgan fingerprint density at radius 1 is 1.18 bits per heavy atom. The summed E-state index contributed by atoms with van der Waals surface area (Å²) < 4.78 is 1.84. The summed E-state index contributed by atoms with van der Waals surface area (Å²) in [6.07, 6.45) is 0. The fourth-order valence-electron chi connectivity index (χ4n) is 1.95. The highest BCUT2D eigenvalue weighted by Gasteiger charge is 2.14. The molecule has 0 radical (unpaired) electrons. The number of hydrogen-bond acceptors (Lipinski definition) is 3. The smallest absolute Gasteiger partial charge is 0.210 e. The first-order valence-electron chi connectivity index (χ1n) is 5.72. The molecule has 0 fully saturated rings. The van der Waals surface area contributed by atoms with E-state index in [2.05, 4.69) is 61.7 Å². The first-order chi connectivity index (χ1) is 8.09. The zero-order valence-electron chi connectivity index (χ0n) is 10.7. The highest BCUT2D eigenvalue weighted by atomic mass is 15.5. The van der Waals surface area contributed by atoms with E-state index in [1.54, 1.807) is 0 Å². The second-order valence-corrected chi connectivity index (χ2v) is 4.63. The van der Waals surface area contributed by atoms with Crippen molar-refractivity contribution in [1.82, 2.24) is 20.2 Å². The molecular weight excluding hydrogens is 214 g/mol. The van der Waals surface area contributed by atoms with Crippen molar-refractivity contribution in [2.45, 2.75) is 20.4 Å². The summed E-state index contributed by atoms with van der Waals surface area (Å²) in [6.45, 7) is 4.97. The number of hydrogen-bond donors (Lipinski definition) is 1. The number of aryl methyl sites for hydroxylation is 2. The zero-order chi connectivity index (χ0) is 12.4. The van der Waals surface area contributed by atoms with Crippen molar-refractivity contribution in [2.24, 2.45) is 0 Å². The van der Waals surface area contributed by atoms with Gasteiger partial charge in [0.1, 0.15) is 6.54 Å². The van der Waals surface area contributed by atoms with Gasteiger partial charge in [-0.15, -0.1) is 5.10 Å². The third kappa shape index (κ3) is 2.34. The van der Waals surface area contributed by atoms with Crippen molar-refractivity contribution in [3.05, 3.63) is 35.2 Å². The average molecular weight is 232 g/mol. The van der Waals surface area contributed by atoms with Gasteiger partial charge in [-0.3, -0.25) is 0 Å². The average Bonchev–Trinajstić information content (AvgIpc) is 2.65. The Balaban J connectivity index is 2.50. The molecule has 5 nitrogen and oxygen atoms in total. The third-order valence-corrected chi connectivity index (χ3v) is 2.70. The van der Waals surface area contributed by atoms with Crippen LogP contribution < -0.4 is 4.90 Å². The van der Waals surface area contributed by atoms with Gasteiger partial charge in [0.15, 0.2) is 0 Å². The first kappa shape index (κ1) is 11.7. The van der Waals surface area contributed by atoms with Gasteiger partial charge in [-0.1, -0.05) is 18.2 Å². The number of nitrogens with one attached hydrogen (secondary N) is 1. The van der Waals surface area contributed by atoms with Crippen LogP contribution in [0.25, 0.3) is 5.69 Å². The molecule has 17 heavy (non-hydrogen) atoms. The van der Waals surface area contributed by atoms with Crippen LogP contribution in [0.1, 0.15) is 17.0 Å². The maximum atomic E-state index is 4.10. The molecule has 2 aromatic rings. The SMILES string of the molecule is Cc1cccc(C)c1-n1nnnc1C[NH+](C)C. The number of para-hydroxylation sites is 1. The summed E-state index contributed by atoms with van der Waals surface area (Å²) in [5.41, 5.74) is 3.47. The second-order valence-electron chi connectivity index (χ2n) is 4.63. The zero-order valence-corrected chi connectivity index (χ0v) is 10.7. The molecule has 0 aliphatic rings. The highest BCUT2D eigenvalue weighted by Crippen LogP contribution is 2.18. The molecule has 1 aromatic carbocycles. The molecule has 5 heteroatoms. The number of nitrogens with zero attached hydrogens (tertiary/aromatic N) is 4. The number of tetrazole rings is 1. The molecular formula is C12H18N5+. The summed E-state index contributed by atoms with van der Waals surface area (Å²) in [5.74, 6) is 0.891. The maximum absolute atomic E-state index is 4.10. The van der Waals surface area contributed by atoms with Gasteiger partial charge >= 0.3 is 0 Å². The Morgan fingerprint density at radius 3 is 2.41 bits per heavy atom. The molecule has 0 spiro atoms. The second kappa shape index (κ2) is 4.63. The number of rotatable bonds is 3. The van der Waals surface area contributed by atoms with E-state index in [4.69, 9.17) is 0 Å². The van der Waals surface area contributed by atoms with Crippen molar-refractivity contribution in [1.29, 1.82) is 0 Å². The molecule has 0 aliphatic carbocycles. The Kier molecular flexibility index (Phi) is 3.19. The van der Waals surface area contributed by atoms with Crippen LogP contribution in [-0.4, -0.2) is 34.3 Å². The van der Waals surface area contributed by atoms with Gasteiger partial charge in [-0.2, -0.15) is 4.68 Å². The number of aromatic nitrogens is 4. The van der Waals surface area contributed by atoms with E-state index in [0.29, 0.717) is 0 Å². The standard InChI is InChI=1S/C12H17N5/c1-9-6-5-7-10(2)12(9)17-11(8-16(3)4)13-14-15-17/h5-7H,8H2,1-4H3/p+1. The molecule has 0 aliphatic heterocycles. The van der Waals surface area contributed by atoms with Crippen molar-refractivity contribution in [3.63, 3.8) is 0 Å². The van der Waals surface area contributed by atoms with Crippen molar-refractivity contribution < 1.29 is 4.90 Å². The van der Waals surface area contributed by atoms with E-state index < -0.39 is 0 Å². The summed E-state index contributed by atoms with van der Waals surface area (Å²) in [5, 5.41) is 12.0. The Hall–Kier alpha value is -1.75. The minimum atomic E-state index is 0.806. The lowest BCUT2D eigenvalue weighted by Gasteiger charge is -2.11. The van der Waals surface area contributed by atoms with Crippen LogP contribution in [0, 0.1) is 13.8 Å². The molecule has 2 rings (SSSR count). The summed E-state index contributed by atoms with van der Waals surface area (Å²) in [4.78, 5) is 1.30. The molecule has 0 saturated carbocycles. The molecule has 0 amide bonds. The quantitative estimate of drug-likeness (QED) is 0.805. The minimum Gasteiger partial charge on any atom is -0.333 e. The fraction of sp³-hybridized carbons (Fsp3) is 0.417. The largest absolute Gasteiger partial charge is 0.333 e. The van der Waals surface area contributed by atoms with Gasteiger partial charge in [0, 0.05) is 0 Å². The van der Waals surface area contributed by atoms with E-state index in [1.165, 1.54) is 16.0 Å². The van der Waals surface area contributed by atoms with Crippen molar-refractivity contribution in [3.8, 4) is 5.69 Å². The lowest BCUT2D eigenvalue weighted by molar-refractivity contribution is -0.873. The molecule has 1 heterocycles. The molecule has 1 aromatic heterocycles. The van der Waals surface area contributed by atoms with Gasteiger partial charge in [-0.25, -0.2) is 0 Å². The Labute approximate surface area is 101 Å².